The van der Waals surface area contributed by atoms with Crippen LogP contribution in [0.15, 0.2) is 12.7 Å². The lowest BCUT2D eigenvalue weighted by molar-refractivity contribution is 0.0260. The molecule has 0 aromatic rings. The van der Waals surface area contributed by atoms with Crippen LogP contribution in [-0.4, -0.2) is 18.1 Å². The van der Waals surface area contributed by atoms with Crippen LogP contribution in [0.2, 0.25) is 0 Å². The molecule has 1 nitrogen and oxygen atoms in total. The minimum atomic E-state index is -0.0662. The average molecular weight is 161 g/mol. The largest absolute Gasteiger partial charge is 0.373 e. The Labute approximate surface area is 67.0 Å². The van der Waals surface area contributed by atoms with Gasteiger partial charge >= 0.3 is 0 Å². The van der Waals surface area contributed by atoms with E-state index in [0.29, 0.717) is 5.88 Å². The van der Waals surface area contributed by atoms with Crippen LogP contribution in [0.4, 0.5) is 0 Å². The Morgan fingerprint density at radius 2 is 2.50 bits per heavy atom. The zero-order valence-corrected chi connectivity index (χ0v) is 6.86. The van der Waals surface area contributed by atoms with Crippen LogP contribution in [0.5, 0.6) is 0 Å². The molecule has 10 heavy (non-hydrogen) atoms. The lowest BCUT2D eigenvalue weighted by atomic mass is 9.99. The number of hydrogen-bond donors (Lipinski definition) is 0. The fraction of sp³-hybridized carbons (Fsp3) is 0.750. The van der Waals surface area contributed by atoms with Crippen molar-refractivity contribution in [3.05, 3.63) is 12.7 Å². The van der Waals surface area contributed by atoms with E-state index in [1.165, 1.54) is 0 Å². The number of halogens is 1. The molecule has 0 N–H and O–H groups in total. The maximum Gasteiger partial charge on any atom is 0.0852 e. The molecule has 0 saturated carbocycles. The molecule has 1 saturated heterocycles. The molecular formula is C8H13ClO. The van der Waals surface area contributed by atoms with Gasteiger partial charge in [-0.05, 0) is 19.3 Å². The molecule has 0 radical (unpaired) electrons. The van der Waals surface area contributed by atoms with E-state index < -0.39 is 0 Å². The van der Waals surface area contributed by atoms with E-state index in [0.717, 1.165) is 25.9 Å². The van der Waals surface area contributed by atoms with E-state index >= 15 is 0 Å². The summed E-state index contributed by atoms with van der Waals surface area (Å²) in [5.41, 5.74) is -0.0662. The Balaban J connectivity index is 2.48. The molecule has 1 unspecified atom stereocenters. The highest BCUT2D eigenvalue weighted by Crippen LogP contribution is 2.30. The third kappa shape index (κ3) is 1.53. The minimum Gasteiger partial charge on any atom is -0.373 e. The third-order valence-electron chi connectivity index (χ3n) is 1.94. The van der Waals surface area contributed by atoms with E-state index in [1.807, 2.05) is 6.08 Å². The first kappa shape index (κ1) is 8.09. The first-order valence-electron chi connectivity index (χ1n) is 3.64. The van der Waals surface area contributed by atoms with Crippen molar-refractivity contribution < 1.29 is 4.74 Å². The highest BCUT2D eigenvalue weighted by atomic mass is 35.5. The van der Waals surface area contributed by atoms with Crippen LogP contribution in [0, 0.1) is 0 Å². The predicted molar refractivity (Wildman–Crippen MR) is 43.5 cm³/mol. The Morgan fingerprint density at radius 3 is 2.90 bits per heavy atom. The molecule has 0 aliphatic carbocycles. The number of rotatable bonds is 3. The molecule has 1 aliphatic heterocycles. The average Bonchev–Trinajstić information content (AvgIpc) is 2.39. The summed E-state index contributed by atoms with van der Waals surface area (Å²) in [5, 5.41) is 0. The Bertz CT molecular complexity index is 116. The van der Waals surface area contributed by atoms with Crippen LogP contribution in [0.1, 0.15) is 19.3 Å². The second kappa shape index (κ2) is 3.40. The van der Waals surface area contributed by atoms with Crippen LogP contribution in [0.25, 0.3) is 0 Å². The van der Waals surface area contributed by atoms with Gasteiger partial charge in [0, 0.05) is 6.61 Å². The van der Waals surface area contributed by atoms with Gasteiger partial charge in [-0.1, -0.05) is 6.08 Å². The zero-order chi connectivity index (χ0) is 7.45. The van der Waals surface area contributed by atoms with Crippen molar-refractivity contribution in [2.75, 3.05) is 12.5 Å². The predicted octanol–water partition coefficient (Wildman–Crippen LogP) is 2.35. The van der Waals surface area contributed by atoms with Crippen LogP contribution in [0.3, 0.4) is 0 Å². The lowest BCUT2D eigenvalue weighted by Crippen LogP contribution is -2.28. The molecule has 1 heterocycles. The van der Waals surface area contributed by atoms with Crippen molar-refractivity contribution in [2.45, 2.75) is 24.9 Å². The summed E-state index contributed by atoms with van der Waals surface area (Å²) >= 11 is 5.77. The Hall–Kier alpha value is -0.0100. The van der Waals surface area contributed by atoms with Gasteiger partial charge in [-0.2, -0.15) is 0 Å². The highest BCUT2D eigenvalue weighted by molar-refractivity contribution is 6.18. The van der Waals surface area contributed by atoms with Crippen molar-refractivity contribution in [1.29, 1.82) is 0 Å². The molecule has 1 fully saturated rings. The molecule has 0 aromatic carbocycles. The van der Waals surface area contributed by atoms with Crippen LogP contribution in [-0.2, 0) is 4.74 Å². The fourth-order valence-corrected chi connectivity index (χ4v) is 1.66. The Kier molecular flexibility index (Phi) is 2.75. The van der Waals surface area contributed by atoms with Gasteiger partial charge < -0.3 is 4.74 Å². The molecule has 0 aromatic heterocycles. The van der Waals surface area contributed by atoms with E-state index in [9.17, 15) is 0 Å². The van der Waals surface area contributed by atoms with Gasteiger partial charge in [-0.3, -0.25) is 0 Å². The smallest absolute Gasteiger partial charge is 0.0852 e. The summed E-state index contributed by atoms with van der Waals surface area (Å²) in [6.45, 7) is 4.54. The van der Waals surface area contributed by atoms with Crippen molar-refractivity contribution in [1.82, 2.24) is 0 Å². The van der Waals surface area contributed by atoms with Gasteiger partial charge in [0.1, 0.15) is 0 Å². The standard InChI is InChI=1S/C8H13ClO/c1-2-4-8(7-9)5-3-6-10-8/h2H,1,3-7H2. The fourth-order valence-electron chi connectivity index (χ4n) is 1.34. The summed E-state index contributed by atoms with van der Waals surface area (Å²) in [6.07, 6.45) is 4.99. The van der Waals surface area contributed by atoms with E-state index in [-0.39, 0.29) is 5.60 Å². The van der Waals surface area contributed by atoms with Crippen molar-refractivity contribution in [3.63, 3.8) is 0 Å². The number of hydrogen-bond acceptors (Lipinski definition) is 1. The maximum atomic E-state index is 5.77. The highest BCUT2D eigenvalue weighted by Gasteiger charge is 2.32. The normalized spacial score (nSPS) is 32.5. The molecule has 1 atom stereocenters. The molecule has 0 bridgehead atoms. The monoisotopic (exact) mass is 160 g/mol. The topological polar surface area (TPSA) is 9.23 Å². The van der Waals surface area contributed by atoms with Crippen molar-refractivity contribution in [2.24, 2.45) is 0 Å². The van der Waals surface area contributed by atoms with E-state index in [4.69, 9.17) is 16.3 Å². The zero-order valence-electron chi connectivity index (χ0n) is 6.11. The Morgan fingerprint density at radius 1 is 1.70 bits per heavy atom. The van der Waals surface area contributed by atoms with Crippen LogP contribution < -0.4 is 0 Å². The van der Waals surface area contributed by atoms with E-state index in [2.05, 4.69) is 6.58 Å². The SMILES string of the molecule is C=CCC1(CCl)CCCO1. The summed E-state index contributed by atoms with van der Waals surface area (Å²) in [6, 6.07) is 0. The van der Waals surface area contributed by atoms with Gasteiger partial charge in [0.25, 0.3) is 0 Å². The summed E-state index contributed by atoms with van der Waals surface area (Å²) in [7, 11) is 0. The summed E-state index contributed by atoms with van der Waals surface area (Å²) in [5.74, 6) is 0.596. The van der Waals surface area contributed by atoms with Gasteiger partial charge in [0.2, 0.25) is 0 Å². The van der Waals surface area contributed by atoms with Gasteiger partial charge in [-0.25, -0.2) is 0 Å². The van der Waals surface area contributed by atoms with Crippen molar-refractivity contribution >= 4 is 11.6 Å². The first-order valence-corrected chi connectivity index (χ1v) is 4.17. The van der Waals surface area contributed by atoms with Gasteiger partial charge in [0.15, 0.2) is 0 Å². The van der Waals surface area contributed by atoms with Crippen LogP contribution >= 0.6 is 11.6 Å². The summed E-state index contributed by atoms with van der Waals surface area (Å²) in [4.78, 5) is 0. The minimum absolute atomic E-state index is 0.0662. The number of ether oxygens (including phenoxy) is 1. The molecule has 58 valence electrons. The maximum absolute atomic E-state index is 5.77. The molecule has 2 heteroatoms. The van der Waals surface area contributed by atoms with Gasteiger partial charge in [-0.15, -0.1) is 18.2 Å². The van der Waals surface area contributed by atoms with Gasteiger partial charge in [0.05, 0.1) is 11.5 Å². The molecular weight excluding hydrogens is 148 g/mol. The summed E-state index contributed by atoms with van der Waals surface area (Å²) < 4.78 is 5.53. The molecule has 1 aliphatic rings. The third-order valence-corrected chi connectivity index (χ3v) is 2.43. The molecule has 1 rings (SSSR count). The second-order valence-corrected chi connectivity index (χ2v) is 3.03. The van der Waals surface area contributed by atoms with E-state index in [1.54, 1.807) is 0 Å². The second-order valence-electron chi connectivity index (χ2n) is 2.76. The molecule has 0 amide bonds. The first-order chi connectivity index (χ1) is 4.83. The van der Waals surface area contributed by atoms with Crippen molar-refractivity contribution in [3.8, 4) is 0 Å². The quantitative estimate of drug-likeness (QED) is 0.455. The number of alkyl halides is 1. The lowest BCUT2D eigenvalue weighted by Gasteiger charge is -2.23. The molecule has 0 spiro atoms.